The second-order valence-electron chi connectivity index (χ2n) is 4.99. The molecule has 1 aliphatic carbocycles. The summed E-state index contributed by atoms with van der Waals surface area (Å²) in [6.45, 7) is 2.82. The lowest BCUT2D eigenvalue weighted by Gasteiger charge is -2.04. The largest absolute Gasteiger partial charge is 0.464 e. The van der Waals surface area contributed by atoms with Crippen LogP contribution in [0.3, 0.4) is 0 Å². The highest BCUT2D eigenvalue weighted by atomic mass is 19.1. The van der Waals surface area contributed by atoms with Gasteiger partial charge >= 0.3 is 0 Å². The molecule has 2 atom stereocenters. The van der Waals surface area contributed by atoms with Gasteiger partial charge in [-0.05, 0) is 42.7 Å². The first-order valence-corrected chi connectivity index (χ1v) is 6.30. The molecule has 0 saturated heterocycles. The zero-order chi connectivity index (χ0) is 12.5. The quantitative estimate of drug-likeness (QED) is 0.875. The predicted octanol–water partition coefficient (Wildman–Crippen LogP) is 4.15. The summed E-state index contributed by atoms with van der Waals surface area (Å²) in [7, 11) is 0. The van der Waals surface area contributed by atoms with E-state index in [-0.39, 0.29) is 5.82 Å². The van der Waals surface area contributed by atoms with E-state index in [1.54, 1.807) is 6.07 Å². The van der Waals surface area contributed by atoms with Gasteiger partial charge in [0.25, 0.3) is 0 Å². The molecule has 2 unspecified atom stereocenters. The minimum Gasteiger partial charge on any atom is -0.464 e. The molecule has 0 bridgehead atoms. The maximum Gasteiger partial charge on any atom is 0.125 e. The molecule has 18 heavy (non-hydrogen) atoms. The second-order valence-corrected chi connectivity index (χ2v) is 4.99. The minimum atomic E-state index is -0.230. The van der Waals surface area contributed by atoms with Gasteiger partial charge in [0, 0.05) is 11.6 Å². The molecule has 2 aromatic rings. The lowest BCUT2D eigenvalue weighted by Crippen LogP contribution is -1.98. The number of furan rings is 1. The molecule has 1 N–H and O–H groups in total. The average Bonchev–Trinajstić information content (AvgIpc) is 2.91. The standard InChI is InChI=1S/C15H16FNO/c1-10-7-14(10)15-6-5-13(18-15)9-17-12-4-2-3-11(16)8-12/h2-6,8,10,14,17H,7,9H2,1H3. The normalized spacial score (nSPS) is 21.9. The van der Waals surface area contributed by atoms with Crippen molar-refractivity contribution in [3.8, 4) is 0 Å². The van der Waals surface area contributed by atoms with Gasteiger partial charge in [0.1, 0.15) is 17.3 Å². The van der Waals surface area contributed by atoms with Gasteiger partial charge in [-0.15, -0.1) is 0 Å². The van der Waals surface area contributed by atoms with Crippen molar-refractivity contribution in [2.75, 3.05) is 5.32 Å². The van der Waals surface area contributed by atoms with Crippen molar-refractivity contribution >= 4 is 5.69 Å². The van der Waals surface area contributed by atoms with Crippen LogP contribution in [0.1, 0.15) is 30.8 Å². The van der Waals surface area contributed by atoms with Crippen molar-refractivity contribution in [2.24, 2.45) is 5.92 Å². The smallest absolute Gasteiger partial charge is 0.125 e. The third-order valence-electron chi connectivity index (χ3n) is 3.45. The molecule has 1 saturated carbocycles. The van der Waals surface area contributed by atoms with Gasteiger partial charge in [-0.3, -0.25) is 0 Å². The topological polar surface area (TPSA) is 25.2 Å². The summed E-state index contributed by atoms with van der Waals surface area (Å²) < 4.78 is 18.8. The van der Waals surface area contributed by atoms with Crippen molar-refractivity contribution < 1.29 is 8.81 Å². The summed E-state index contributed by atoms with van der Waals surface area (Å²) >= 11 is 0. The Balaban J connectivity index is 1.61. The summed E-state index contributed by atoms with van der Waals surface area (Å²) in [6.07, 6.45) is 1.23. The fraction of sp³-hybridized carbons (Fsp3) is 0.333. The molecule has 0 spiro atoms. The number of nitrogens with one attached hydrogen (secondary N) is 1. The molecule has 0 aliphatic heterocycles. The number of benzene rings is 1. The molecule has 1 aliphatic rings. The van der Waals surface area contributed by atoms with Crippen molar-refractivity contribution in [3.63, 3.8) is 0 Å². The molecule has 1 aromatic carbocycles. The van der Waals surface area contributed by atoms with Gasteiger partial charge < -0.3 is 9.73 Å². The maximum absolute atomic E-state index is 13.0. The highest BCUT2D eigenvalue weighted by Crippen LogP contribution is 2.47. The van der Waals surface area contributed by atoms with E-state index in [0.29, 0.717) is 12.5 Å². The predicted molar refractivity (Wildman–Crippen MR) is 69.0 cm³/mol. The highest BCUT2D eigenvalue weighted by Gasteiger charge is 2.36. The second kappa shape index (κ2) is 4.48. The van der Waals surface area contributed by atoms with Crippen molar-refractivity contribution in [1.29, 1.82) is 0 Å². The van der Waals surface area contributed by atoms with Crippen LogP contribution in [0.15, 0.2) is 40.8 Å². The Morgan fingerprint density at radius 1 is 1.33 bits per heavy atom. The number of anilines is 1. The Morgan fingerprint density at radius 2 is 2.17 bits per heavy atom. The van der Waals surface area contributed by atoms with Crippen LogP contribution in [-0.2, 0) is 6.54 Å². The van der Waals surface area contributed by atoms with E-state index in [2.05, 4.69) is 18.3 Å². The third-order valence-corrected chi connectivity index (χ3v) is 3.45. The van der Waals surface area contributed by atoms with Gasteiger partial charge in [0.2, 0.25) is 0 Å². The Morgan fingerprint density at radius 3 is 2.89 bits per heavy atom. The zero-order valence-electron chi connectivity index (χ0n) is 10.3. The fourth-order valence-electron chi connectivity index (χ4n) is 2.19. The number of hydrogen-bond donors (Lipinski definition) is 1. The monoisotopic (exact) mass is 245 g/mol. The molecule has 1 heterocycles. The van der Waals surface area contributed by atoms with Crippen molar-refractivity contribution in [1.82, 2.24) is 0 Å². The lowest BCUT2D eigenvalue weighted by molar-refractivity contribution is 0.468. The van der Waals surface area contributed by atoms with Crippen LogP contribution in [-0.4, -0.2) is 0 Å². The molecule has 1 fully saturated rings. The molecule has 0 amide bonds. The summed E-state index contributed by atoms with van der Waals surface area (Å²) in [6, 6.07) is 10.5. The van der Waals surface area contributed by atoms with E-state index < -0.39 is 0 Å². The number of hydrogen-bond acceptors (Lipinski definition) is 2. The van der Waals surface area contributed by atoms with Gasteiger partial charge in [0.15, 0.2) is 0 Å². The highest BCUT2D eigenvalue weighted by molar-refractivity contribution is 5.43. The Hall–Kier alpha value is -1.77. The molecular weight excluding hydrogens is 229 g/mol. The van der Waals surface area contributed by atoms with Gasteiger partial charge in [-0.25, -0.2) is 4.39 Å². The van der Waals surface area contributed by atoms with Crippen LogP contribution in [0.5, 0.6) is 0 Å². The van der Waals surface area contributed by atoms with E-state index in [0.717, 1.165) is 23.1 Å². The molecule has 0 radical (unpaired) electrons. The van der Waals surface area contributed by atoms with Crippen LogP contribution in [0.2, 0.25) is 0 Å². The van der Waals surface area contributed by atoms with E-state index in [4.69, 9.17) is 4.42 Å². The van der Waals surface area contributed by atoms with Gasteiger partial charge in [-0.2, -0.15) is 0 Å². The Kier molecular flexibility index (Phi) is 2.82. The number of halogens is 1. The van der Waals surface area contributed by atoms with Crippen molar-refractivity contribution in [3.05, 3.63) is 53.7 Å². The first kappa shape index (κ1) is 11.3. The number of rotatable bonds is 4. The molecule has 3 rings (SSSR count). The zero-order valence-corrected chi connectivity index (χ0v) is 10.3. The van der Waals surface area contributed by atoms with Crippen LogP contribution >= 0.6 is 0 Å². The summed E-state index contributed by atoms with van der Waals surface area (Å²) in [5.41, 5.74) is 0.771. The first-order valence-electron chi connectivity index (χ1n) is 6.30. The summed E-state index contributed by atoms with van der Waals surface area (Å²) in [5, 5.41) is 3.15. The lowest BCUT2D eigenvalue weighted by atomic mass is 10.3. The van der Waals surface area contributed by atoms with Gasteiger partial charge in [-0.1, -0.05) is 13.0 Å². The molecular formula is C15H16FNO. The van der Waals surface area contributed by atoms with Crippen LogP contribution in [0.25, 0.3) is 0 Å². The molecule has 1 aromatic heterocycles. The van der Waals surface area contributed by atoms with E-state index in [1.807, 2.05) is 12.1 Å². The fourth-order valence-corrected chi connectivity index (χ4v) is 2.19. The third kappa shape index (κ3) is 2.40. The SMILES string of the molecule is CC1CC1c1ccc(CNc2cccc(F)c2)o1. The summed E-state index contributed by atoms with van der Waals surface area (Å²) in [4.78, 5) is 0. The van der Waals surface area contributed by atoms with E-state index >= 15 is 0 Å². The maximum atomic E-state index is 13.0. The molecule has 2 nitrogen and oxygen atoms in total. The van der Waals surface area contributed by atoms with Crippen molar-refractivity contribution in [2.45, 2.75) is 25.8 Å². The van der Waals surface area contributed by atoms with E-state index in [1.165, 1.54) is 18.6 Å². The van der Waals surface area contributed by atoms with Gasteiger partial charge in [0.05, 0.1) is 6.54 Å². The van der Waals surface area contributed by atoms with E-state index in [9.17, 15) is 4.39 Å². The van der Waals surface area contributed by atoms with Crippen LogP contribution in [0.4, 0.5) is 10.1 Å². The Labute approximate surface area is 106 Å². The first-order chi connectivity index (χ1) is 8.72. The van der Waals surface area contributed by atoms with Crippen LogP contribution in [0, 0.1) is 11.7 Å². The Bertz CT molecular complexity index is 549. The van der Waals surface area contributed by atoms with Crippen LogP contribution < -0.4 is 5.32 Å². The molecule has 94 valence electrons. The summed E-state index contributed by atoms with van der Waals surface area (Å²) in [5.74, 6) is 3.10. The average molecular weight is 245 g/mol. The molecule has 3 heteroatoms. The minimum absolute atomic E-state index is 0.230.